The molecule has 1 atom stereocenters. The molecular formula is C17H16O2S. The largest absolute Gasteiger partial charge is 0.497 e. The van der Waals surface area contributed by atoms with Gasteiger partial charge in [0.1, 0.15) is 5.75 Å². The summed E-state index contributed by atoms with van der Waals surface area (Å²) in [6, 6.07) is 16.0. The first kappa shape index (κ1) is 13.2. The average molecular weight is 284 g/mol. The summed E-state index contributed by atoms with van der Waals surface area (Å²) < 4.78 is 6.32. The van der Waals surface area contributed by atoms with Crippen LogP contribution in [0.4, 0.5) is 0 Å². The van der Waals surface area contributed by atoms with Crippen LogP contribution in [0.3, 0.4) is 0 Å². The van der Waals surface area contributed by atoms with E-state index in [1.165, 1.54) is 10.1 Å². The summed E-state index contributed by atoms with van der Waals surface area (Å²) in [6.45, 7) is 0. The molecule has 3 rings (SSSR count). The van der Waals surface area contributed by atoms with Crippen LogP contribution in [0.25, 0.3) is 10.1 Å². The fourth-order valence-electron chi connectivity index (χ4n) is 2.37. The van der Waals surface area contributed by atoms with E-state index in [0.29, 0.717) is 6.42 Å². The third kappa shape index (κ3) is 2.55. The second-order valence-corrected chi connectivity index (χ2v) is 5.67. The molecule has 20 heavy (non-hydrogen) atoms. The maximum atomic E-state index is 10.5. The van der Waals surface area contributed by atoms with Crippen molar-refractivity contribution in [3.8, 4) is 5.75 Å². The van der Waals surface area contributed by atoms with Gasteiger partial charge in [-0.25, -0.2) is 0 Å². The number of fused-ring (bicyclic) bond motifs is 1. The SMILES string of the molecule is COc1ccc(CC(O)c2cccc3ccsc23)cc1. The first-order chi connectivity index (χ1) is 9.78. The Morgan fingerprint density at radius 3 is 2.65 bits per heavy atom. The molecule has 0 saturated carbocycles. The molecule has 0 radical (unpaired) electrons. The van der Waals surface area contributed by atoms with Crippen molar-refractivity contribution in [1.82, 2.24) is 0 Å². The lowest BCUT2D eigenvalue weighted by atomic mass is 10.0. The molecule has 3 aromatic rings. The maximum Gasteiger partial charge on any atom is 0.118 e. The Hall–Kier alpha value is -1.84. The van der Waals surface area contributed by atoms with E-state index in [0.717, 1.165) is 16.9 Å². The molecule has 2 aromatic carbocycles. The zero-order chi connectivity index (χ0) is 13.9. The molecule has 3 heteroatoms. The van der Waals surface area contributed by atoms with Gasteiger partial charge in [-0.15, -0.1) is 11.3 Å². The van der Waals surface area contributed by atoms with Crippen molar-refractivity contribution in [3.63, 3.8) is 0 Å². The molecule has 0 spiro atoms. The monoisotopic (exact) mass is 284 g/mol. The van der Waals surface area contributed by atoms with Gasteiger partial charge < -0.3 is 9.84 Å². The molecule has 1 aromatic heterocycles. The molecular weight excluding hydrogens is 268 g/mol. The molecule has 0 aliphatic heterocycles. The van der Waals surface area contributed by atoms with Crippen molar-refractivity contribution in [2.45, 2.75) is 12.5 Å². The fraction of sp³-hybridized carbons (Fsp3) is 0.176. The number of aliphatic hydroxyl groups excluding tert-OH is 1. The smallest absolute Gasteiger partial charge is 0.118 e. The van der Waals surface area contributed by atoms with Gasteiger partial charge in [0.15, 0.2) is 0 Å². The molecule has 0 aliphatic rings. The second-order valence-electron chi connectivity index (χ2n) is 4.75. The van der Waals surface area contributed by atoms with Gasteiger partial charge in [0.2, 0.25) is 0 Å². The van der Waals surface area contributed by atoms with Crippen LogP contribution in [-0.2, 0) is 6.42 Å². The maximum absolute atomic E-state index is 10.5. The summed E-state index contributed by atoms with van der Waals surface area (Å²) in [5.41, 5.74) is 2.11. The first-order valence-electron chi connectivity index (χ1n) is 6.55. The molecule has 1 N–H and O–H groups in total. The molecule has 102 valence electrons. The number of ether oxygens (including phenoxy) is 1. The highest BCUT2D eigenvalue weighted by Crippen LogP contribution is 2.30. The van der Waals surface area contributed by atoms with Gasteiger partial charge in [0.05, 0.1) is 13.2 Å². The number of thiophene rings is 1. The molecule has 0 aliphatic carbocycles. The number of methoxy groups -OCH3 is 1. The summed E-state index contributed by atoms with van der Waals surface area (Å²) in [5, 5.41) is 13.8. The molecule has 1 heterocycles. The quantitative estimate of drug-likeness (QED) is 0.778. The van der Waals surface area contributed by atoms with E-state index < -0.39 is 6.10 Å². The van der Waals surface area contributed by atoms with Crippen LogP contribution in [0.1, 0.15) is 17.2 Å². The van der Waals surface area contributed by atoms with Gasteiger partial charge in [0.25, 0.3) is 0 Å². The van der Waals surface area contributed by atoms with Gasteiger partial charge >= 0.3 is 0 Å². The topological polar surface area (TPSA) is 29.5 Å². The zero-order valence-electron chi connectivity index (χ0n) is 11.2. The molecule has 2 nitrogen and oxygen atoms in total. The number of hydrogen-bond donors (Lipinski definition) is 1. The lowest BCUT2D eigenvalue weighted by molar-refractivity contribution is 0.180. The molecule has 0 bridgehead atoms. The summed E-state index contributed by atoms with van der Waals surface area (Å²) >= 11 is 1.68. The minimum absolute atomic E-state index is 0.481. The highest BCUT2D eigenvalue weighted by Gasteiger charge is 2.12. The third-order valence-electron chi connectivity index (χ3n) is 3.46. The molecule has 0 saturated heterocycles. The fourth-order valence-corrected chi connectivity index (χ4v) is 3.34. The third-order valence-corrected chi connectivity index (χ3v) is 4.44. The standard InChI is InChI=1S/C17H16O2S/c1-19-14-7-5-12(6-8-14)11-16(18)15-4-2-3-13-9-10-20-17(13)15/h2-10,16,18H,11H2,1H3. The van der Waals surface area contributed by atoms with Crippen LogP contribution >= 0.6 is 11.3 Å². The number of aliphatic hydroxyl groups is 1. The van der Waals surface area contributed by atoms with E-state index in [1.54, 1.807) is 18.4 Å². The zero-order valence-corrected chi connectivity index (χ0v) is 12.1. The number of benzene rings is 2. The minimum Gasteiger partial charge on any atom is -0.497 e. The Morgan fingerprint density at radius 1 is 1.10 bits per heavy atom. The normalized spacial score (nSPS) is 12.5. The Labute approximate surface area is 122 Å². The minimum atomic E-state index is -0.481. The van der Waals surface area contributed by atoms with Crippen LogP contribution in [0.2, 0.25) is 0 Å². The van der Waals surface area contributed by atoms with E-state index >= 15 is 0 Å². The van der Waals surface area contributed by atoms with Crippen LogP contribution in [0, 0.1) is 0 Å². The molecule has 0 amide bonds. The van der Waals surface area contributed by atoms with Gasteiger partial charge in [-0.2, -0.15) is 0 Å². The summed E-state index contributed by atoms with van der Waals surface area (Å²) in [7, 11) is 1.65. The first-order valence-corrected chi connectivity index (χ1v) is 7.43. The number of rotatable bonds is 4. The van der Waals surface area contributed by atoms with E-state index in [2.05, 4.69) is 17.5 Å². The van der Waals surface area contributed by atoms with Gasteiger partial charge in [-0.3, -0.25) is 0 Å². The van der Waals surface area contributed by atoms with Gasteiger partial charge in [-0.05, 0) is 40.1 Å². The lowest BCUT2D eigenvalue weighted by Gasteiger charge is -2.12. The highest BCUT2D eigenvalue weighted by molar-refractivity contribution is 7.17. The van der Waals surface area contributed by atoms with E-state index in [1.807, 2.05) is 36.4 Å². The van der Waals surface area contributed by atoms with Crippen molar-refractivity contribution in [2.75, 3.05) is 7.11 Å². The Balaban J connectivity index is 1.84. The van der Waals surface area contributed by atoms with Gasteiger partial charge in [0, 0.05) is 11.1 Å². The van der Waals surface area contributed by atoms with Crippen molar-refractivity contribution >= 4 is 21.4 Å². The predicted octanol–water partition coefficient (Wildman–Crippen LogP) is 4.19. The van der Waals surface area contributed by atoms with Crippen molar-refractivity contribution in [1.29, 1.82) is 0 Å². The average Bonchev–Trinajstić information content (AvgIpc) is 2.96. The van der Waals surface area contributed by atoms with Crippen LogP contribution < -0.4 is 4.74 Å². The van der Waals surface area contributed by atoms with Crippen molar-refractivity contribution in [2.24, 2.45) is 0 Å². The molecule has 1 unspecified atom stereocenters. The summed E-state index contributed by atoms with van der Waals surface area (Å²) in [4.78, 5) is 0. The highest BCUT2D eigenvalue weighted by atomic mass is 32.1. The summed E-state index contributed by atoms with van der Waals surface area (Å²) in [6.07, 6.45) is 0.131. The van der Waals surface area contributed by atoms with E-state index in [-0.39, 0.29) is 0 Å². The van der Waals surface area contributed by atoms with Gasteiger partial charge in [-0.1, -0.05) is 30.3 Å². The van der Waals surface area contributed by atoms with E-state index in [9.17, 15) is 5.11 Å². The number of hydrogen-bond acceptors (Lipinski definition) is 3. The van der Waals surface area contributed by atoms with Crippen molar-refractivity contribution < 1.29 is 9.84 Å². The van der Waals surface area contributed by atoms with Crippen LogP contribution in [0.5, 0.6) is 5.75 Å². The van der Waals surface area contributed by atoms with Crippen LogP contribution in [-0.4, -0.2) is 12.2 Å². The predicted molar refractivity (Wildman–Crippen MR) is 83.5 cm³/mol. The van der Waals surface area contributed by atoms with Crippen molar-refractivity contribution in [3.05, 3.63) is 65.0 Å². The Bertz CT molecular complexity index is 700. The van der Waals surface area contributed by atoms with Crippen LogP contribution in [0.15, 0.2) is 53.9 Å². The molecule has 0 fully saturated rings. The lowest BCUT2D eigenvalue weighted by Crippen LogP contribution is -2.01. The second kappa shape index (κ2) is 5.65. The van der Waals surface area contributed by atoms with E-state index in [4.69, 9.17) is 4.74 Å². The Morgan fingerprint density at radius 2 is 1.90 bits per heavy atom. The Kier molecular flexibility index (Phi) is 3.72. The summed E-state index contributed by atoms with van der Waals surface area (Å²) in [5.74, 6) is 0.837.